The molecule has 0 saturated carbocycles. The van der Waals surface area contributed by atoms with Crippen molar-refractivity contribution >= 4 is 20.4 Å². The van der Waals surface area contributed by atoms with Gasteiger partial charge in [0, 0.05) is 39.4 Å². The zero-order chi connectivity index (χ0) is 21.2. The van der Waals surface area contributed by atoms with E-state index in [1.54, 1.807) is 0 Å². The van der Waals surface area contributed by atoms with E-state index in [4.69, 9.17) is 19.8 Å². The Bertz CT molecular complexity index is 626. The molecule has 0 aromatic heterocycles. The molecule has 0 aromatic rings. The Morgan fingerprint density at radius 1 is 0.821 bits per heavy atom. The zero-order valence-corrected chi connectivity index (χ0v) is 17.7. The van der Waals surface area contributed by atoms with E-state index in [1.165, 1.54) is 20.8 Å². The molecule has 0 radical (unpaired) electrons. The predicted molar refractivity (Wildman–Crippen MR) is 108 cm³/mol. The normalized spacial score (nSPS) is 22.9. The highest BCUT2D eigenvalue weighted by Gasteiger charge is 2.24. The highest BCUT2D eigenvalue weighted by molar-refractivity contribution is 7.87. The lowest BCUT2D eigenvalue weighted by Gasteiger charge is -2.20. The number of ether oxygens (including phenoxy) is 2. The van der Waals surface area contributed by atoms with Gasteiger partial charge in [0.25, 0.3) is 20.4 Å². The van der Waals surface area contributed by atoms with Gasteiger partial charge in [-0.2, -0.15) is 25.4 Å². The van der Waals surface area contributed by atoms with Crippen LogP contribution >= 0.6 is 0 Å². The lowest BCUT2D eigenvalue weighted by molar-refractivity contribution is 0.0956. The summed E-state index contributed by atoms with van der Waals surface area (Å²) in [4.78, 5) is 0. The van der Waals surface area contributed by atoms with E-state index in [0.717, 1.165) is 25.7 Å². The zero-order valence-electron chi connectivity index (χ0n) is 16.1. The maximum absolute atomic E-state index is 11.1. The maximum Gasteiger partial charge on any atom is 0.277 e. The number of hydrogen-bond donors (Lipinski definition) is 2. The third kappa shape index (κ3) is 9.56. The molecule has 2 saturated heterocycles. The van der Waals surface area contributed by atoms with Gasteiger partial charge in [-0.3, -0.25) is 0 Å². The molecule has 0 unspecified atom stereocenters. The molecule has 0 spiro atoms. The largest absolute Gasteiger partial charge is 0.377 e. The standard InChI is InChI=1S/2C8H16N2O3S/c2*1-2-5-10(14(9,11)12)7-8-4-3-6-13-8/h2*2,8H,1,3-7H2,(H2,9,11,12)/t2*8-/m10/s1. The van der Waals surface area contributed by atoms with Crippen molar-refractivity contribution in [3.8, 4) is 0 Å². The molecule has 10 nitrogen and oxygen atoms in total. The van der Waals surface area contributed by atoms with E-state index in [1.807, 2.05) is 0 Å². The summed E-state index contributed by atoms with van der Waals surface area (Å²) in [6.45, 7) is 9.50. The van der Waals surface area contributed by atoms with Crippen LogP contribution in [-0.2, 0) is 29.9 Å². The molecular formula is C16H32N4O6S2. The Labute approximate surface area is 168 Å². The molecule has 28 heavy (non-hydrogen) atoms. The van der Waals surface area contributed by atoms with Crippen molar-refractivity contribution in [2.75, 3.05) is 39.4 Å². The van der Waals surface area contributed by atoms with Crippen LogP contribution in [0.15, 0.2) is 25.3 Å². The second-order valence-corrected chi connectivity index (χ2v) is 9.66. The minimum absolute atomic E-state index is 0.0201. The Balaban J connectivity index is 0.000000280. The summed E-state index contributed by atoms with van der Waals surface area (Å²) in [5.74, 6) is 0. The fourth-order valence-corrected chi connectivity index (χ4v) is 4.26. The van der Waals surface area contributed by atoms with Gasteiger partial charge in [-0.15, -0.1) is 13.2 Å². The second-order valence-electron chi connectivity index (χ2n) is 6.57. The van der Waals surface area contributed by atoms with Gasteiger partial charge < -0.3 is 9.47 Å². The third-order valence-electron chi connectivity index (χ3n) is 4.25. The van der Waals surface area contributed by atoms with Crippen molar-refractivity contribution < 1.29 is 26.3 Å². The van der Waals surface area contributed by atoms with Crippen molar-refractivity contribution in [2.45, 2.75) is 37.9 Å². The van der Waals surface area contributed by atoms with E-state index in [9.17, 15) is 16.8 Å². The first-order valence-electron chi connectivity index (χ1n) is 9.08. The van der Waals surface area contributed by atoms with E-state index >= 15 is 0 Å². The van der Waals surface area contributed by atoms with Crippen LogP contribution in [0.3, 0.4) is 0 Å². The molecule has 0 bridgehead atoms. The molecule has 12 heteroatoms. The van der Waals surface area contributed by atoms with Gasteiger partial charge in [0.1, 0.15) is 0 Å². The van der Waals surface area contributed by atoms with Crippen LogP contribution in [0, 0.1) is 0 Å². The van der Waals surface area contributed by atoms with Gasteiger partial charge in [0.2, 0.25) is 0 Å². The van der Waals surface area contributed by atoms with Crippen LogP contribution < -0.4 is 10.3 Å². The van der Waals surface area contributed by atoms with Gasteiger partial charge in [-0.25, -0.2) is 10.3 Å². The molecule has 2 aliphatic rings. The van der Waals surface area contributed by atoms with Crippen LogP contribution in [-0.4, -0.2) is 77.0 Å². The van der Waals surface area contributed by atoms with Crippen LogP contribution in [0.4, 0.5) is 0 Å². The minimum Gasteiger partial charge on any atom is -0.377 e. The van der Waals surface area contributed by atoms with Crippen molar-refractivity contribution in [1.29, 1.82) is 0 Å². The first-order valence-corrected chi connectivity index (χ1v) is 12.1. The van der Waals surface area contributed by atoms with E-state index in [0.29, 0.717) is 26.3 Å². The Morgan fingerprint density at radius 3 is 1.39 bits per heavy atom. The van der Waals surface area contributed by atoms with Crippen LogP contribution in [0.1, 0.15) is 25.7 Å². The monoisotopic (exact) mass is 440 g/mol. The van der Waals surface area contributed by atoms with Crippen molar-refractivity contribution in [3.05, 3.63) is 25.3 Å². The van der Waals surface area contributed by atoms with Gasteiger partial charge in [0.15, 0.2) is 0 Å². The average molecular weight is 441 g/mol. The fourth-order valence-electron chi connectivity index (χ4n) is 2.88. The van der Waals surface area contributed by atoms with Gasteiger partial charge >= 0.3 is 0 Å². The molecular weight excluding hydrogens is 408 g/mol. The van der Waals surface area contributed by atoms with E-state index in [-0.39, 0.29) is 25.3 Å². The van der Waals surface area contributed by atoms with Gasteiger partial charge in [-0.05, 0) is 25.7 Å². The van der Waals surface area contributed by atoms with Crippen LogP contribution in [0.5, 0.6) is 0 Å². The molecule has 0 amide bonds. The first kappa shape index (κ1) is 25.2. The maximum atomic E-state index is 11.1. The molecule has 164 valence electrons. The first-order chi connectivity index (χ1) is 13.1. The summed E-state index contributed by atoms with van der Waals surface area (Å²) in [6, 6.07) is 0. The summed E-state index contributed by atoms with van der Waals surface area (Å²) in [5.41, 5.74) is 0. The van der Waals surface area contributed by atoms with Gasteiger partial charge in [-0.1, -0.05) is 12.2 Å². The number of hydrogen-bond acceptors (Lipinski definition) is 6. The molecule has 2 rings (SSSR count). The van der Waals surface area contributed by atoms with Crippen LogP contribution in [0.2, 0.25) is 0 Å². The molecule has 4 N–H and O–H groups in total. The third-order valence-corrected chi connectivity index (χ3v) is 6.28. The number of nitrogens with two attached hydrogens (primary N) is 2. The smallest absolute Gasteiger partial charge is 0.277 e. The molecule has 2 aliphatic heterocycles. The summed E-state index contributed by atoms with van der Waals surface area (Å²) < 4.78 is 57.4. The quantitative estimate of drug-likeness (QED) is 0.447. The fraction of sp³-hybridized carbons (Fsp3) is 0.750. The number of rotatable bonds is 10. The van der Waals surface area contributed by atoms with Crippen molar-refractivity contribution in [1.82, 2.24) is 8.61 Å². The van der Waals surface area contributed by atoms with E-state index in [2.05, 4.69) is 13.2 Å². The average Bonchev–Trinajstić information content (AvgIpc) is 3.26. The Morgan fingerprint density at radius 2 is 1.18 bits per heavy atom. The molecule has 2 fully saturated rings. The summed E-state index contributed by atoms with van der Waals surface area (Å²) in [5, 5.41) is 10.1. The number of nitrogens with zero attached hydrogens (tertiary/aromatic N) is 2. The molecule has 0 aliphatic carbocycles. The summed E-state index contributed by atoms with van der Waals surface area (Å²) in [6.07, 6.45) is 6.74. The highest BCUT2D eigenvalue weighted by Crippen LogP contribution is 2.15. The Kier molecular flexibility index (Phi) is 10.8. The minimum atomic E-state index is -3.63. The van der Waals surface area contributed by atoms with Crippen molar-refractivity contribution in [2.24, 2.45) is 10.3 Å². The lowest BCUT2D eigenvalue weighted by atomic mass is 10.2. The van der Waals surface area contributed by atoms with Crippen molar-refractivity contribution in [3.63, 3.8) is 0 Å². The Hall–Kier alpha value is -0.860. The highest BCUT2D eigenvalue weighted by atomic mass is 32.2. The lowest BCUT2D eigenvalue weighted by Crippen LogP contribution is -2.41. The molecule has 0 aromatic carbocycles. The molecule has 2 atom stereocenters. The van der Waals surface area contributed by atoms with Crippen LogP contribution in [0.25, 0.3) is 0 Å². The SMILES string of the molecule is C=CCN(C[C@@H]1CCCO1)S(N)(=O)=O.C=CCN(C[C@H]1CCCO1)S(N)(=O)=O. The summed E-state index contributed by atoms with van der Waals surface area (Å²) >= 11 is 0. The molecule has 2 heterocycles. The van der Waals surface area contributed by atoms with E-state index < -0.39 is 20.4 Å². The topological polar surface area (TPSA) is 145 Å². The summed E-state index contributed by atoms with van der Waals surface area (Å²) in [7, 11) is -7.26. The van der Waals surface area contributed by atoms with Gasteiger partial charge in [0.05, 0.1) is 12.2 Å². The second kappa shape index (κ2) is 12.0. The predicted octanol–water partition coefficient (Wildman–Crippen LogP) is -0.286.